The summed E-state index contributed by atoms with van der Waals surface area (Å²) in [4.78, 5) is 24.8. The van der Waals surface area contributed by atoms with E-state index in [4.69, 9.17) is 18.9 Å². The summed E-state index contributed by atoms with van der Waals surface area (Å²) >= 11 is 0. The van der Waals surface area contributed by atoms with Gasteiger partial charge in [0.15, 0.2) is 0 Å². The Morgan fingerprint density at radius 2 is 1.38 bits per heavy atom. The average Bonchev–Trinajstić information content (AvgIpc) is 2.68. The van der Waals surface area contributed by atoms with Crippen LogP contribution in [0, 0.1) is 0 Å². The van der Waals surface area contributed by atoms with Gasteiger partial charge < -0.3 is 24.1 Å². The van der Waals surface area contributed by atoms with E-state index in [2.05, 4.69) is 0 Å². The van der Waals surface area contributed by atoms with Gasteiger partial charge in [-0.1, -0.05) is 48.5 Å². The fraction of sp³-hybridized carbons (Fsp3) is 0.263. The zero-order valence-electron chi connectivity index (χ0n) is 14.5. The van der Waals surface area contributed by atoms with Gasteiger partial charge in [-0.2, -0.15) is 0 Å². The van der Waals surface area contributed by atoms with Gasteiger partial charge in [-0.05, 0) is 11.6 Å². The Morgan fingerprint density at radius 1 is 0.846 bits per heavy atom. The predicted octanol–water partition coefficient (Wildman–Crippen LogP) is 2.17. The number of rotatable bonds is 8. The van der Waals surface area contributed by atoms with Crippen molar-refractivity contribution in [2.75, 3.05) is 14.2 Å². The summed E-state index contributed by atoms with van der Waals surface area (Å²) in [6.07, 6.45) is 0. The molecule has 2 aromatic carbocycles. The SMILES string of the molecule is COC(OC)(C(=O)OCc1ccccc1)C(=O)OCc1ccccc1O. The van der Waals surface area contributed by atoms with E-state index < -0.39 is 17.7 Å². The van der Waals surface area contributed by atoms with E-state index in [-0.39, 0.29) is 19.0 Å². The maximum atomic E-state index is 12.4. The number of aromatic hydroxyl groups is 1. The number of ether oxygens (including phenoxy) is 4. The normalized spacial score (nSPS) is 11.0. The van der Waals surface area contributed by atoms with Crippen LogP contribution in [0.25, 0.3) is 0 Å². The molecule has 0 fully saturated rings. The molecule has 0 amide bonds. The van der Waals surface area contributed by atoms with Crippen LogP contribution in [0.5, 0.6) is 5.75 Å². The predicted molar refractivity (Wildman–Crippen MR) is 90.9 cm³/mol. The number of phenolic OH excluding ortho intramolecular Hbond substituents is 1. The number of esters is 2. The van der Waals surface area contributed by atoms with Crippen LogP contribution in [0.4, 0.5) is 0 Å². The standard InChI is InChI=1S/C19H20O7/c1-23-19(24-2,17(21)25-12-14-8-4-3-5-9-14)18(22)26-13-15-10-6-7-11-16(15)20/h3-11,20H,12-13H2,1-2H3. The second kappa shape index (κ2) is 8.98. The molecule has 0 spiro atoms. The van der Waals surface area contributed by atoms with Gasteiger partial charge >= 0.3 is 17.7 Å². The molecule has 0 aromatic heterocycles. The van der Waals surface area contributed by atoms with E-state index >= 15 is 0 Å². The summed E-state index contributed by atoms with van der Waals surface area (Å²) in [7, 11) is 2.27. The van der Waals surface area contributed by atoms with Gasteiger partial charge in [0, 0.05) is 19.8 Å². The monoisotopic (exact) mass is 360 g/mol. The third-order valence-corrected chi connectivity index (χ3v) is 3.68. The van der Waals surface area contributed by atoms with Gasteiger partial charge in [0.25, 0.3) is 0 Å². The third kappa shape index (κ3) is 4.38. The molecule has 2 aromatic rings. The highest BCUT2D eigenvalue weighted by Gasteiger charge is 2.51. The van der Waals surface area contributed by atoms with Crippen molar-refractivity contribution in [2.45, 2.75) is 19.0 Å². The van der Waals surface area contributed by atoms with Gasteiger partial charge in [-0.15, -0.1) is 0 Å². The van der Waals surface area contributed by atoms with Gasteiger partial charge in [-0.25, -0.2) is 9.59 Å². The molecule has 7 nitrogen and oxygen atoms in total. The molecule has 0 unspecified atom stereocenters. The molecule has 26 heavy (non-hydrogen) atoms. The van der Waals surface area contributed by atoms with E-state index in [0.29, 0.717) is 5.56 Å². The first-order valence-electron chi connectivity index (χ1n) is 7.79. The maximum Gasteiger partial charge on any atom is 0.379 e. The number of methoxy groups -OCH3 is 2. The number of para-hydroxylation sites is 1. The molecule has 0 aliphatic heterocycles. The summed E-state index contributed by atoms with van der Waals surface area (Å²) in [5.41, 5.74) is 1.11. The van der Waals surface area contributed by atoms with Crippen molar-refractivity contribution < 1.29 is 33.6 Å². The van der Waals surface area contributed by atoms with E-state index in [1.165, 1.54) is 6.07 Å². The van der Waals surface area contributed by atoms with Crippen LogP contribution in [-0.4, -0.2) is 37.1 Å². The lowest BCUT2D eigenvalue weighted by Crippen LogP contribution is -2.52. The van der Waals surface area contributed by atoms with Gasteiger partial charge in [-0.3, -0.25) is 0 Å². The van der Waals surface area contributed by atoms with Crippen molar-refractivity contribution in [1.82, 2.24) is 0 Å². The van der Waals surface area contributed by atoms with E-state index in [1.807, 2.05) is 6.07 Å². The highest BCUT2D eigenvalue weighted by atomic mass is 16.7. The van der Waals surface area contributed by atoms with Crippen LogP contribution < -0.4 is 0 Å². The van der Waals surface area contributed by atoms with Crippen LogP contribution in [-0.2, 0) is 41.8 Å². The van der Waals surface area contributed by atoms with Gasteiger partial charge in [0.05, 0.1) is 0 Å². The number of carbonyl (C=O) groups is 2. The summed E-state index contributed by atoms with van der Waals surface area (Å²) in [6, 6.07) is 15.3. The van der Waals surface area contributed by atoms with Crippen molar-refractivity contribution in [2.24, 2.45) is 0 Å². The molecule has 7 heteroatoms. The second-order valence-corrected chi connectivity index (χ2v) is 5.29. The Bertz CT molecular complexity index is 739. The Hall–Kier alpha value is -2.90. The first-order chi connectivity index (χ1) is 12.5. The average molecular weight is 360 g/mol. The lowest BCUT2D eigenvalue weighted by Gasteiger charge is -2.26. The maximum absolute atomic E-state index is 12.4. The van der Waals surface area contributed by atoms with Crippen molar-refractivity contribution in [1.29, 1.82) is 0 Å². The number of phenols is 1. The first-order valence-corrected chi connectivity index (χ1v) is 7.79. The molecule has 1 N–H and O–H groups in total. The molecule has 0 atom stereocenters. The van der Waals surface area contributed by atoms with E-state index in [0.717, 1.165) is 19.8 Å². The van der Waals surface area contributed by atoms with Crippen molar-refractivity contribution in [3.8, 4) is 5.75 Å². The van der Waals surface area contributed by atoms with E-state index in [9.17, 15) is 14.7 Å². The van der Waals surface area contributed by atoms with Crippen LogP contribution >= 0.6 is 0 Å². The largest absolute Gasteiger partial charge is 0.508 e. The Labute approximate surface area is 151 Å². The van der Waals surface area contributed by atoms with Crippen LogP contribution in [0.2, 0.25) is 0 Å². The van der Waals surface area contributed by atoms with Crippen LogP contribution in [0.3, 0.4) is 0 Å². The smallest absolute Gasteiger partial charge is 0.379 e. The van der Waals surface area contributed by atoms with Crippen molar-refractivity contribution in [3.05, 3.63) is 65.7 Å². The number of benzene rings is 2. The summed E-state index contributed by atoms with van der Waals surface area (Å²) < 4.78 is 20.2. The summed E-state index contributed by atoms with van der Waals surface area (Å²) in [5, 5.41) is 9.71. The summed E-state index contributed by atoms with van der Waals surface area (Å²) in [5.74, 6) is -4.50. The molecule has 138 valence electrons. The highest BCUT2D eigenvalue weighted by molar-refractivity contribution is 6.01. The minimum Gasteiger partial charge on any atom is -0.508 e. The number of hydrogen-bond donors (Lipinski definition) is 1. The first kappa shape index (κ1) is 19.4. The fourth-order valence-corrected chi connectivity index (χ4v) is 2.19. The number of carbonyl (C=O) groups excluding carboxylic acids is 2. The molecular weight excluding hydrogens is 340 g/mol. The minimum absolute atomic E-state index is 0.0348. The van der Waals surface area contributed by atoms with Gasteiger partial charge in [0.2, 0.25) is 0 Å². The molecule has 0 aliphatic rings. The van der Waals surface area contributed by atoms with Gasteiger partial charge in [0.1, 0.15) is 19.0 Å². The quantitative estimate of drug-likeness (QED) is 0.438. The topological polar surface area (TPSA) is 91.3 Å². The Morgan fingerprint density at radius 3 is 1.96 bits per heavy atom. The zero-order chi connectivity index (χ0) is 19.0. The van der Waals surface area contributed by atoms with Crippen molar-refractivity contribution >= 4 is 11.9 Å². The molecular formula is C19H20O7. The van der Waals surface area contributed by atoms with E-state index in [1.54, 1.807) is 42.5 Å². The molecule has 2 rings (SSSR count). The summed E-state index contributed by atoms with van der Waals surface area (Å²) in [6.45, 7) is -0.313. The second-order valence-electron chi connectivity index (χ2n) is 5.29. The molecule has 0 radical (unpaired) electrons. The zero-order valence-corrected chi connectivity index (χ0v) is 14.5. The Kier molecular flexibility index (Phi) is 6.71. The molecule has 0 saturated carbocycles. The van der Waals surface area contributed by atoms with Crippen molar-refractivity contribution in [3.63, 3.8) is 0 Å². The minimum atomic E-state index is -2.35. The number of hydrogen-bond acceptors (Lipinski definition) is 7. The lowest BCUT2D eigenvalue weighted by atomic mass is 10.2. The van der Waals surface area contributed by atoms with Crippen LogP contribution in [0.15, 0.2) is 54.6 Å². The Balaban J connectivity index is 2.05. The molecule has 0 saturated heterocycles. The molecule has 0 aliphatic carbocycles. The third-order valence-electron chi connectivity index (χ3n) is 3.68. The highest BCUT2D eigenvalue weighted by Crippen LogP contribution is 2.21. The molecule has 0 bridgehead atoms. The fourth-order valence-electron chi connectivity index (χ4n) is 2.19. The molecule has 0 heterocycles. The lowest BCUT2D eigenvalue weighted by molar-refractivity contribution is -0.241. The van der Waals surface area contributed by atoms with Crippen LogP contribution in [0.1, 0.15) is 11.1 Å².